The first-order valence-electron chi connectivity index (χ1n) is 4.70. The maximum absolute atomic E-state index is 12.2. The second-order valence-corrected chi connectivity index (χ2v) is 4.40. The Labute approximate surface area is 95.6 Å². The summed E-state index contributed by atoms with van der Waals surface area (Å²) in [5.41, 5.74) is 6.52. The smallest absolute Gasteiger partial charge is 0.157 e. The van der Waals surface area contributed by atoms with Crippen LogP contribution in [0.1, 0.15) is 17.2 Å². The average Bonchev–Trinajstić information content (AvgIpc) is 2.27. The van der Waals surface area contributed by atoms with Gasteiger partial charge in [0.25, 0.3) is 0 Å². The lowest BCUT2D eigenvalue weighted by molar-refractivity contribution is 0.132. The number of benzene rings is 1. The summed E-state index contributed by atoms with van der Waals surface area (Å²) in [6.45, 7) is -0.802. The highest BCUT2D eigenvalue weighted by Gasteiger charge is 2.16. The molecule has 1 rings (SSSR count). The van der Waals surface area contributed by atoms with Gasteiger partial charge >= 0.3 is 0 Å². The van der Waals surface area contributed by atoms with Crippen LogP contribution >= 0.6 is 0 Å². The summed E-state index contributed by atoms with van der Waals surface area (Å²) in [5, 5.41) is 9.59. The summed E-state index contributed by atoms with van der Waals surface area (Å²) in [6, 6.07) is 5.41. The largest absolute Gasteiger partial charge is 0.387 e. The molecule has 3 atom stereocenters. The van der Waals surface area contributed by atoms with Crippen molar-refractivity contribution in [3.8, 4) is 0 Å². The molecule has 0 saturated heterocycles. The van der Waals surface area contributed by atoms with E-state index in [0.29, 0.717) is 11.1 Å². The molecule has 1 unspecified atom stereocenters. The summed E-state index contributed by atoms with van der Waals surface area (Å²) >= 11 is -1.89. The first kappa shape index (κ1) is 13.2. The van der Waals surface area contributed by atoms with E-state index in [4.69, 9.17) is 10.3 Å². The van der Waals surface area contributed by atoms with Gasteiger partial charge in [-0.25, -0.2) is 8.60 Å². The number of aliphatic hydroxyl groups is 1. The fourth-order valence-corrected chi connectivity index (χ4v) is 1.76. The van der Waals surface area contributed by atoms with E-state index in [2.05, 4.69) is 0 Å². The molecule has 1 aromatic rings. The molecule has 0 spiro atoms. The zero-order valence-electron chi connectivity index (χ0n) is 8.54. The molecular formula is C10H14FNO3S. The van der Waals surface area contributed by atoms with Gasteiger partial charge in [-0.3, -0.25) is 0 Å². The SMILES string of the molecule is N[C@H](CF)[C@H](O)c1ccc(CS(=O)O)cc1. The van der Waals surface area contributed by atoms with Crippen molar-refractivity contribution < 1.29 is 18.3 Å². The Balaban J connectivity index is 2.74. The van der Waals surface area contributed by atoms with Gasteiger partial charge in [-0.2, -0.15) is 0 Å². The number of nitrogens with two attached hydrogens (primary N) is 1. The highest BCUT2D eigenvalue weighted by molar-refractivity contribution is 7.78. The van der Waals surface area contributed by atoms with Crippen LogP contribution in [0.3, 0.4) is 0 Å². The Kier molecular flexibility index (Phi) is 5.01. The Hall–Kier alpha value is -0.820. The molecule has 0 radical (unpaired) electrons. The molecule has 1 aromatic carbocycles. The molecular weight excluding hydrogens is 233 g/mol. The van der Waals surface area contributed by atoms with Gasteiger partial charge in [0.1, 0.15) is 6.67 Å². The van der Waals surface area contributed by atoms with E-state index in [-0.39, 0.29) is 5.75 Å². The lowest BCUT2D eigenvalue weighted by Gasteiger charge is -2.16. The van der Waals surface area contributed by atoms with Crippen molar-refractivity contribution >= 4 is 11.1 Å². The third-order valence-corrected chi connectivity index (χ3v) is 2.78. The third kappa shape index (κ3) is 3.64. The first-order valence-corrected chi connectivity index (χ1v) is 5.98. The molecule has 0 amide bonds. The van der Waals surface area contributed by atoms with Gasteiger partial charge in [0.2, 0.25) is 0 Å². The predicted octanol–water partition coefficient (Wildman–Crippen LogP) is 0.739. The van der Waals surface area contributed by atoms with Crippen LogP contribution in [0.2, 0.25) is 0 Å². The molecule has 0 aromatic heterocycles. The molecule has 0 saturated carbocycles. The minimum Gasteiger partial charge on any atom is -0.387 e. The number of halogens is 1. The highest BCUT2D eigenvalue weighted by Crippen LogP contribution is 2.17. The van der Waals surface area contributed by atoms with E-state index in [1.807, 2.05) is 0 Å². The van der Waals surface area contributed by atoms with Crippen LogP contribution < -0.4 is 5.73 Å². The number of alkyl halides is 1. The Morgan fingerprint density at radius 1 is 1.38 bits per heavy atom. The minimum absolute atomic E-state index is 0.0333. The third-order valence-electron chi connectivity index (χ3n) is 2.20. The molecule has 4 nitrogen and oxygen atoms in total. The van der Waals surface area contributed by atoms with Gasteiger partial charge in [0.05, 0.1) is 17.9 Å². The van der Waals surface area contributed by atoms with Crippen molar-refractivity contribution in [2.24, 2.45) is 5.73 Å². The predicted molar refractivity (Wildman–Crippen MR) is 59.8 cm³/mol. The Morgan fingerprint density at radius 3 is 2.38 bits per heavy atom. The van der Waals surface area contributed by atoms with Gasteiger partial charge in [-0.05, 0) is 11.1 Å². The summed E-state index contributed by atoms with van der Waals surface area (Å²) < 4.78 is 31.4. The standard InChI is InChI=1S/C10H14FNO3S/c11-5-9(12)10(13)8-3-1-7(2-4-8)6-16(14)15/h1-4,9-10,13H,5-6,12H2,(H,14,15)/t9-,10-/m1/s1. The van der Waals surface area contributed by atoms with Crippen molar-refractivity contribution in [1.29, 1.82) is 0 Å². The summed E-state index contributed by atoms with van der Waals surface area (Å²) in [4.78, 5) is 0. The molecule has 0 aliphatic heterocycles. The van der Waals surface area contributed by atoms with Crippen molar-refractivity contribution in [2.45, 2.75) is 17.9 Å². The van der Waals surface area contributed by atoms with E-state index < -0.39 is 29.9 Å². The van der Waals surface area contributed by atoms with E-state index in [0.717, 1.165) is 0 Å². The molecule has 0 bridgehead atoms. The van der Waals surface area contributed by atoms with Gasteiger partial charge in [-0.1, -0.05) is 24.3 Å². The lowest BCUT2D eigenvalue weighted by Crippen LogP contribution is -2.30. The number of rotatable bonds is 5. The minimum atomic E-state index is -1.89. The number of hydrogen-bond acceptors (Lipinski definition) is 3. The van der Waals surface area contributed by atoms with E-state index in [1.165, 1.54) is 0 Å². The monoisotopic (exact) mass is 247 g/mol. The van der Waals surface area contributed by atoms with Gasteiger partial charge in [0, 0.05) is 0 Å². The molecule has 90 valence electrons. The van der Waals surface area contributed by atoms with Crippen LogP contribution in [0.5, 0.6) is 0 Å². The van der Waals surface area contributed by atoms with Crippen LogP contribution in [0.25, 0.3) is 0 Å². The zero-order chi connectivity index (χ0) is 12.1. The Bertz CT molecular complexity index is 358. The second kappa shape index (κ2) is 6.05. The number of aliphatic hydroxyl groups excluding tert-OH is 1. The molecule has 6 heteroatoms. The van der Waals surface area contributed by atoms with Crippen LogP contribution in [0, 0.1) is 0 Å². The molecule has 16 heavy (non-hydrogen) atoms. The van der Waals surface area contributed by atoms with E-state index in [9.17, 15) is 13.7 Å². The van der Waals surface area contributed by atoms with Gasteiger partial charge in [-0.15, -0.1) is 0 Å². The van der Waals surface area contributed by atoms with Crippen LogP contribution in [0.4, 0.5) is 4.39 Å². The van der Waals surface area contributed by atoms with Gasteiger partial charge < -0.3 is 15.4 Å². The van der Waals surface area contributed by atoms with E-state index in [1.54, 1.807) is 24.3 Å². The zero-order valence-corrected chi connectivity index (χ0v) is 9.36. The van der Waals surface area contributed by atoms with Crippen molar-refractivity contribution in [1.82, 2.24) is 0 Å². The van der Waals surface area contributed by atoms with Crippen molar-refractivity contribution in [3.05, 3.63) is 35.4 Å². The van der Waals surface area contributed by atoms with Crippen LogP contribution in [-0.4, -0.2) is 26.6 Å². The Morgan fingerprint density at radius 2 is 1.94 bits per heavy atom. The fourth-order valence-electron chi connectivity index (χ4n) is 1.29. The first-order chi connectivity index (χ1) is 7.54. The van der Waals surface area contributed by atoms with E-state index >= 15 is 0 Å². The maximum atomic E-state index is 12.2. The van der Waals surface area contributed by atoms with Crippen LogP contribution in [-0.2, 0) is 16.8 Å². The van der Waals surface area contributed by atoms with Crippen molar-refractivity contribution in [3.63, 3.8) is 0 Å². The molecule has 0 heterocycles. The highest BCUT2D eigenvalue weighted by atomic mass is 32.2. The molecule has 0 aliphatic rings. The molecule has 0 aliphatic carbocycles. The lowest BCUT2D eigenvalue weighted by atomic mass is 10.0. The molecule has 0 fully saturated rings. The fraction of sp³-hybridized carbons (Fsp3) is 0.400. The molecule has 4 N–H and O–H groups in total. The summed E-state index contributed by atoms with van der Waals surface area (Å²) in [7, 11) is 0. The summed E-state index contributed by atoms with van der Waals surface area (Å²) in [6.07, 6.45) is -1.06. The normalized spacial score (nSPS) is 16.8. The van der Waals surface area contributed by atoms with Crippen LogP contribution in [0.15, 0.2) is 24.3 Å². The van der Waals surface area contributed by atoms with Gasteiger partial charge in [0.15, 0.2) is 11.1 Å². The second-order valence-electron chi connectivity index (χ2n) is 3.47. The average molecular weight is 247 g/mol. The summed E-state index contributed by atoms with van der Waals surface area (Å²) in [5.74, 6) is 0.0333. The maximum Gasteiger partial charge on any atom is 0.157 e. The topological polar surface area (TPSA) is 83.5 Å². The quantitative estimate of drug-likeness (QED) is 0.670. The van der Waals surface area contributed by atoms with Crippen molar-refractivity contribution in [2.75, 3.05) is 6.67 Å². The number of hydrogen-bond donors (Lipinski definition) is 3.